The molecule has 0 amide bonds. The lowest BCUT2D eigenvalue weighted by molar-refractivity contribution is 0.414. The Labute approximate surface area is 97.9 Å². The number of nitrogens with one attached hydrogen (secondary N) is 1. The van der Waals surface area contributed by atoms with Gasteiger partial charge in [-0.2, -0.15) is 5.10 Å². The van der Waals surface area contributed by atoms with Gasteiger partial charge in [0.25, 0.3) is 0 Å². The third-order valence-electron chi connectivity index (χ3n) is 2.43. The van der Waals surface area contributed by atoms with E-state index >= 15 is 0 Å². The number of hydrogen-bond donors (Lipinski definition) is 1. The summed E-state index contributed by atoms with van der Waals surface area (Å²) in [5, 5.41) is 10.2. The van der Waals surface area contributed by atoms with Crippen LogP contribution in [0.3, 0.4) is 0 Å². The van der Waals surface area contributed by atoms with E-state index in [-0.39, 0.29) is 0 Å². The molecule has 0 unspecified atom stereocenters. The maximum absolute atomic E-state index is 8.32. The summed E-state index contributed by atoms with van der Waals surface area (Å²) in [6.45, 7) is 1.97. The van der Waals surface area contributed by atoms with Gasteiger partial charge in [0.15, 0.2) is 0 Å². The van der Waals surface area contributed by atoms with E-state index in [9.17, 15) is 0 Å². The van der Waals surface area contributed by atoms with Gasteiger partial charge in [-0.05, 0) is 47.4 Å². The zero-order valence-corrected chi connectivity index (χ0v) is 9.51. The summed E-state index contributed by atoms with van der Waals surface area (Å²) < 4.78 is 5.13. The molecule has 0 atom stereocenters. The Morgan fingerprint density at radius 2 is 2.24 bits per heavy atom. The van der Waals surface area contributed by atoms with Crippen molar-refractivity contribution in [2.75, 3.05) is 7.11 Å². The number of H-pyrrole nitrogens is 1. The van der Waals surface area contributed by atoms with Crippen LogP contribution in [0, 0.1) is 6.92 Å². The zero-order chi connectivity index (χ0) is 12.3. The molecule has 0 bridgehead atoms. The second-order valence-corrected chi connectivity index (χ2v) is 3.51. The van der Waals surface area contributed by atoms with Gasteiger partial charge in [0.2, 0.25) is 0 Å². The molecule has 0 fully saturated rings. The first-order valence-electron chi connectivity index (χ1n) is 5.00. The summed E-state index contributed by atoms with van der Waals surface area (Å²) in [5.74, 6) is 1.20. The van der Waals surface area contributed by atoms with Crippen molar-refractivity contribution in [2.45, 2.75) is 6.92 Å². The van der Waals surface area contributed by atoms with E-state index in [1.807, 2.05) is 25.1 Å². The summed E-state index contributed by atoms with van der Waals surface area (Å²) >= 11 is 0. The molecule has 0 aliphatic carbocycles. The molecule has 2 rings (SSSR count). The fourth-order valence-corrected chi connectivity index (χ4v) is 1.60. The number of aromatic amines is 1. The fourth-order valence-electron chi connectivity index (χ4n) is 1.60. The number of benzene rings is 1. The van der Waals surface area contributed by atoms with E-state index in [1.54, 1.807) is 13.2 Å². The monoisotopic (exact) mass is 229 g/mol. The molecular formula is C11H11N5O. The third-order valence-corrected chi connectivity index (χ3v) is 2.43. The molecule has 0 aliphatic rings. The Balaban J connectivity index is 2.41. The van der Waals surface area contributed by atoms with E-state index in [2.05, 4.69) is 20.2 Å². The Kier molecular flexibility index (Phi) is 2.98. The quantitative estimate of drug-likeness (QED) is 0.497. The van der Waals surface area contributed by atoms with Gasteiger partial charge < -0.3 is 4.74 Å². The number of hydrogen-bond acceptors (Lipinski definition) is 3. The molecule has 1 aromatic heterocycles. The van der Waals surface area contributed by atoms with Crippen LogP contribution >= 0.6 is 0 Å². The highest BCUT2D eigenvalue weighted by Crippen LogP contribution is 2.27. The normalized spacial score (nSPS) is 9.76. The van der Waals surface area contributed by atoms with Crippen molar-refractivity contribution in [3.63, 3.8) is 0 Å². The van der Waals surface area contributed by atoms with Crippen LogP contribution in [0.5, 0.6) is 5.75 Å². The van der Waals surface area contributed by atoms with Crippen LogP contribution in [0.1, 0.15) is 5.56 Å². The Bertz CT molecular complexity index is 583. The summed E-state index contributed by atoms with van der Waals surface area (Å²) in [7, 11) is 1.63. The lowest BCUT2D eigenvalue weighted by atomic mass is 10.1. The molecule has 86 valence electrons. The molecule has 0 spiro atoms. The number of aryl methyl sites for hydroxylation is 1. The maximum atomic E-state index is 8.32. The Morgan fingerprint density at radius 3 is 2.88 bits per heavy atom. The van der Waals surface area contributed by atoms with Gasteiger partial charge in [0, 0.05) is 10.5 Å². The van der Waals surface area contributed by atoms with Gasteiger partial charge in [-0.1, -0.05) is 0 Å². The first-order chi connectivity index (χ1) is 8.24. The minimum absolute atomic E-state index is 0.401. The molecule has 6 heteroatoms. The second kappa shape index (κ2) is 4.59. The number of ether oxygens (including phenoxy) is 1. The van der Waals surface area contributed by atoms with Crippen molar-refractivity contribution in [3.05, 3.63) is 40.3 Å². The number of nitrogens with zero attached hydrogens (tertiary/aromatic N) is 4. The zero-order valence-electron chi connectivity index (χ0n) is 9.51. The minimum Gasteiger partial charge on any atom is -0.497 e. The van der Waals surface area contributed by atoms with Crippen molar-refractivity contribution in [1.82, 2.24) is 10.2 Å². The third kappa shape index (κ3) is 2.21. The van der Waals surface area contributed by atoms with Crippen LogP contribution in [0.25, 0.3) is 21.7 Å². The number of aromatic nitrogens is 2. The standard InChI is InChI=1S/C11H11N5O/c1-7-5-8(17-2)3-4-9(7)10-6-11(14-13-10)15-16-12/h3-6H,1-2H3,(H,13,14). The summed E-state index contributed by atoms with van der Waals surface area (Å²) in [6, 6.07) is 7.42. The molecule has 6 nitrogen and oxygen atoms in total. The van der Waals surface area contributed by atoms with Gasteiger partial charge in [-0.15, -0.1) is 0 Å². The Morgan fingerprint density at radius 1 is 1.41 bits per heavy atom. The SMILES string of the molecule is COc1ccc(-c2cc(N=[N+]=[N-])[nH]n2)c(C)c1. The van der Waals surface area contributed by atoms with E-state index < -0.39 is 0 Å². The predicted molar refractivity (Wildman–Crippen MR) is 64.1 cm³/mol. The Hall–Kier alpha value is -2.46. The molecule has 2 aromatic rings. The van der Waals surface area contributed by atoms with Crippen LogP contribution in [0.2, 0.25) is 0 Å². The van der Waals surface area contributed by atoms with Gasteiger partial charge in [0.05, 0.1) is 12.8 Å². The molecule has 0 saturated heterocycles. The highest BCUT2D eigenvalue weighted by atomic mass is 16.5. The van der Waals surface area contributed by atoms with Crippen LogP contribution in [-0.2, 0) is 0 Å². The average molecular weight is 229 g/mol. The highest BCUT2D eigenvalue weighted by Gasteiger charge is 2.06. The van der Waals surface area contributed by atoms with Crippen molar-refractivity contribution in [2.24, 2.45) is 5.11 Å². The van der Waals surface area contributed by atoms with E-state index in [4.69, 9.17) is 10.3 Å². The van der Waals surface area contributed by atoms with Crippen LogP contribution in [0.4, 0.5) is 5.82 Å². The van der Waals surface area contributed by atoms with Crippen molar-refractivity contribution in [1.29, 1.82) is 0 Å². The minimum atomic E-state index is 0.401. The fraction of sp³-hybridized carbons (Fsp3) is 0.182. The molecule has 0 aliphatic heterocycles. The maximum Gasteiger partial charge on any atom is 0.122 e. The molecule has 1 N–H and O–H groups in total. The smallest absolute Gasteiger partial charge is 0.122 e. The van der Waals surface area contributed by atoms with Gasteiger partial charge in [-0.25, -0.2) is 0 Å². The van der Waals surface area contributed by atoms with E-state index in [0.29, 0.717) is 5.82 Å². The van der Waals surface area contributed by atoms with Crippen molar-refractivity contribution >= 4 is 5.82 Å². The van der Waals surface area contributed by atoms with E-state index in [0.717, 1.165) is 22.6 Å². The first kappa shape index (κ1) is 11.0. The molecule has 0 saturated carbocycles. The number of methoxy groups -OCH3 is 1. The molecule has 17 heavy (non-hydrogen) atoms. The lowest BCUT2D eigenvalue weighted by Gasteiger charge is -2.05. The summed E-state index contributed by atoms with van der Waals surface area (Å²) in [5.41, 5.74) is 11.1. The van der Waals surface area contributed by atoms with Gasteiger partial charge in [-0.3, -0.25) is 5.10 Å². The summed E-state index contributed by atoms with van der Waals surface area (Å²) in [6.07, 6.45) is 0. The van der Waals surface area contributed by atoms with E-state index in [1.165, 1.54) is 0 Å². The molecule has 0 radical (unpaired) electrons. The number of azide groups is 1. The molecule has 1 aromatic carbocycles. The first-order valence-corrected chi connectivity index (χ1v) is 5.00. The van der Waals surface area contributed by atoms with Crippen LogP contribution in [0.15, 0.2) is 29.4 Å². The lowest BCUT2D eigenvalue weighted by Crippen LogP contribution is -1.87. The van der Waals surface area contributed by atoms with Crippen LogP contribution in [-0.4, -0.2) is 17.3 Å². The van der Waals surface area contributed by atoms with Gasteiger partial charge in [0.1, 0.15) is 11.6 Å². The average Bonchev–Trinajstić information content (AvgIpc) is 2.78. The molecule has 1 heterocycles. The molecular weight excluding hydrogens is 218 g/mol. The largest absolute Gasteiger partial charge is 0.497 e. The van der Waals surface area contributed by atoms with Gasteiger partial charge >= 0.3 is 0 Å². The van der Waals surface area contributed by atoms with Crippen LogP contribution < -0.4 is 4.74 Å². The summed E-state index contributed by atoms with van der Waals surface area (Å²) in [4.78, 5) is 2.70. The predicted octanol–water partition coefficient (Wildman–Crippen LogP) is 3.34. The highest BCUT2D eigenvalue weighted by molar-refractivity contribution is 5.66. The number of rotatable bonds is 3. The second-order valence-electron chi connectivity index (χ2n) is 3.51. The van der Waals surface area contributed by atoms with Crippen molar-refractivity contribution in [3.8, 4) is 17.0 Å². The topological polar surface area (TPSA) is 86.7 Å². The van der Waals surface area contributed by atoms with Crippen molar-refractivity contribution < 1.29 is 4.74 Å².